The molecule has 1 amide bonds. The molecule has 0 radical (unpaired) electrons. The van der Waals surface area contributed by atoms with E-state index < -0.39 is 0 Å². The zero-order valence-electron chi connectivity index (χ0n) is 10.0. The summed E-state index contributed by atoms with van der Waals surface area (Å²) in [6.07, 6.45) is 2.13. The number of hydrogen-bond donors (Lipinski definition) is 1. The van der Waals surface area contributed by atoms with Crippen molar-refractivity contribution >= 4 is 33.4 Å². The minimum atomic E-state index is 0.0383. The van der Waals surface area contributed by atoms with E-state index in [1.54, 1.807) is 18.2 Å². The van der Waals surface area contributed by atoms with E-state index in [2.05, 4.69) is 15.9 Å². The highest BCUT2D eigenvalue weighted by atomic mass is 79.9. The number of carbonyl (C=O) groups excluding carboxylic acids is 1. The Bertz CT molecular complexity index is 432. The summed E-state index contributed by atoms with van der Waals surface area (Å²) >= 11 is 9.32. The van der Waals surface area contributed by atoms with Crippen molar-refractivity contribution in [1.29, 1.82) is 0 Å². The number of benzene rings is 1. The maximum atomic E-state index is 12.4. The van der Waals surface area contributed by atoms with Crippen LogP contribution in [0.5, 0.6) is 0 Å². The first-order valence-corrected chi connectivity index (χ1v) is 7.22. The Balaban J connectivity index is 2.15. The molecule has 5 heteroatoms. The van der Waals surface area contributed by atoms with Crippen molar-refractivity contribution in [3.05, 3.63) is 33.3 Å². The van der Waals surface area contributed by atoms with E-state index in [1.807, 2.05) is 4.90 Å². The van der Waals surface area contributed by atoms with Crippen molar-refractivity contribution in [1.82, 2.24) is 4.90 Å². The molecule has 1 unspecified atom stereocenters. The molecule has 3 nitrogen and oxygen atoms in total. The lowest BCUT2D eigenvalue weighted by Crippen LogP contribution is -2.42. The second kappa shape index (κ2) is 6.04. The van der Waals surface area contributed by atoms with E-state index >= 15 is 0 Å². The summed E-state index contributed by atoms with van der Waals surface area (Å²) in [5.41, 5.74) is 6.32. The minimum absolute atomic E-state index is 0.0383. The predicted molar refractivity (Wildman–Crippen MR) is 76.8 cm³/mol. The van der Waals surface area contributed by atoms with Crippen LogP contribution >= 0.6 is 27.5 Å². The third-order valence-electron chi connectivity index (χ3n) is 3.25. The Kier molecular flexibility index (Phi) is 4.65. The van der Waals surface area contributed by atoms with Gasteiger partial charge in [0, 0.05) is 28.1 Å². The van der Waals surface area contributed by atoms with Gasteiger partial charge in [-0.25, -0.2) is 0 Å². The number of halogens is 2. The SMILES string of the molecule is NCC1CCCN(C(=O)c2cc(Cl)cc(Br)c2)C1. The normalized spacial score (nSPS) is 19.9. The summed E-state index contributed by atoms with van der Waals surface area (Å²) < 4.78 is 0.825. The van der Waals surface area contributed by atoms with Crippen LogP contribution in [0.4, 0.5) is 0 Å². The highest BCUT2D eigenvalue weighted by Gasteiger charge is 2.23. The molecule has 0 aliphatic carbocycles. The number of nitrogens with zero attached hydrogens (tertiary/aromatic N) is 1. The van der Waals surface area contributed by atoms with Gasteiger partial charge in [-0.2, -0.15) is 0 Å². The van der Waals surface area contributed by atoms with Gasteiger partial charge >= 0.3 is 0 Å². The first-order chi connectivity index (χ1) is 8.60. The topological polar surface area (TPSA) is 46.3 Å². The molecular formula is C13H16BrClN2O. The van der Waals surface area contributed by atoms with Crippen molar-refractivity contribution < 1.29 is 4.79 Å². The first kappa shape index (κ1) is 13.8. The summed E-state index contributed by atoms with van der Waals surface area (Å²) in [4.78, 5) is 14.2. The molecule has 2 N–H and O–H groups in total. The van der Waals surface area contributed by atoms with E-state index in [9.17, 15) is 4.79 Å². The van der Waals surface area contributed by atoms with E-state index in [4.69, 9.17) is 17.3 Å². The van der Waals surface area contributed by atoms with Gasteiger partial charge in [0.05, 0.1) is 0 Å². The van der Waals surface area contributed by atoms with Crippen LogP contribution in [0.15, 0.2) is 22.7 Å². The Morgan fingerprint density at radius 2 is 2.28 bits per heavy atom. The molecule has 1 heterocycles. The number of amides is 1. The van der Waals surface area contributed by atoms with Gasteiger partial charge in [0.1, 0.15) is 0 Å². The van der Waals surface area contributed by atoms with Crippen molar-refractivity contribution in [2.75, 3.05) is 19.6 Å². The predicted octanol–water partition coefficient (Wildman–Crippen LogP) is 2.91. The Morgan fingerprint density at radius 1 is 1.50 bits per heavy atom. The van der Waals surface area contributed by atoms with Crippen LogP contribution in [0.25, 0.3) is 0 Å². The van der Waals surface area contributed by atoms with Crippen LogP contribution in [0.1, 0.15) is 23.2 Å². The fourth-order valence-corrected chi connectivity index (χ4v) is 3.16. The van der Waals surface area contributed by atoms with Gasteiger partial charge in [0.15, 0.2) is 0 Å². The molecule has 1 saturated heterocycles. The summed E-state index contributed by atoms with van der Waals surface area (Å²) in [6.45, 7) is 2.20. The molecule has 0 saturated carbocycles. The molecule has 0 spiro atoms. The van der Waals surface area contributed by atoms with Gasteiger partial charge in [0.2, 0.25) is 0 Å². The Hall–Kier alpha value is -0.580. The summed E-state index contributed by atoms with van der Waals surface area (Å²) in [5.74, 6) is 0.460. The third-order valence-corrected chi connectivity index (χ3v) is 3.93. The molecule has 98 valence electrons. The number of nitrogens with two attached hydrogens (primary N) is 1. The molecule has 0 aromatic heterocycles. The first-order valence-electron chi connectivity index (χ1n) is 6.05. The standard InChI is InChI=1S/C13H16BrClN2O/c14-11-4-10(5-12(15)6-11)13(18)17-3-1-2-9(7-16)8-17/h4-6,9H,1-3,7-8,16H2. The van der Waals surface area contributed by atoms with E-state index in [0.717, 1.165) is 30.4 Å². The molecule has 0 bridgehead atoms. The van der Waals surface area contributed by atoms with Crippen molar-refractivity contribution in [3.63, 3.8) is 0 Å². The quantitative estimate of drug-likeness (QED) is 0.905. The Labute approximate surface area is 120 Å². The van der Waals surface area contributed by atoms with Gasteiger partial charge < -0.3 is 10.6 Å². The molecule has 1 aliphatic heterocycles. The molecule has 1 aromatic carbocycles. The van der Waals surface area contributed by atoms with Crippen LogP contribution in [-0.4, -0.2) is 30.4 Å². The molecular weight excluding hydrogens is 316 g/mol. The van der Waals surface area contributed by atoms with E-state index in [-0.39, 0.29) is 5.91 Å². The van der Waals surface area contributed by atoms with Crippen LogP contribution in [0, 0.1) is 5.92 Å². The summed E-state index contributed by atoms with van der Waals surface area (Å²) in [5, 5.41) is 0.570. The number of rotatable bonds is 2. The zero-order chi connectivity index (χ0) is 13.1. The lowest BCUT2D eigenvalue weighted by atomic mass is 9.97. The fourth-order valence-electron chi connectivity index (χ4n) is 2.30. The second-order valence-electron chi connectivity index (χ2n) is 4.65. The molecule has 1 aromatic rings. The van der Waals surface area contributed by atoms with Crippen molar-refractivity contribution in [2.45, 2.75) is 12.8 Å². The van der Waals surface area contributed by atoms with E-state index in [1.165, 1.54) is 0 Å². The number of piperidine rings is 1. The smallest absolute Gasteiger partial charge is 0.253 e. The van der Waals surface area contributed by atoms with Gasteiger partial charge in [-0.15, -0.1) is 0 Å². The minimum Gasteiger partial charge on any atom is -0.338 e. The summed E-state index contributed by atoms with van der Waals surface area (Å²) in [7, 11) is 0. The van der Waals surface area contributed by atoms with Crippen molar-refractivity contribution in [3.8, 4) is 0 Å². The Morgan fingerprint density at radius 3 is 2.94 bits per heavy atom. The van der Waals surface area contributed by atoms with Gasteiger partial charge in [-0.05, 0) is 43.5 Å². The lowest BCUT2D eigenvalue weighted by molar-refractivity contribution is 0.0678. The highest BCUT2D eigenvalue weighted by Crippen LogP contribution is 2.23. The third kappa shape index (κ3) is 3.25. The molecule has 1 aliphatic rings. The monoisotopic (exact) mass is 330 g/mol. The highest BCUT2D eigenvalue weighted by molar-refractivity contribution is 9.10. The molecule has 1 fully saturated rings. The largest absolute Gasteiger partial charge is 0.338 e. The van der Waals surface area contributed by atoms with Crippen LogP contribution in [0.2, 0.25) is 5.02 Å². The maximum Gasteiger partial charge on any atom is 0.253 e. The van der Waals surface area contributed by atoms with Crippen LogP contribution in [-0.2, 0) is 0 Å². The molecule has 1 atom stereocenters. The average molecular weight is 332 g/mol. The van der Waals surface area contributed by atoms with Crippen LogP contribution < -0.4 is 5.73 Å². The maximum absolute atomic E-state index is 12.4. The van der Waals surface area contributed by atoms with Crippen molar-refractivity contribution in [2.24, 2.45) is 11.7 Å². The number of hydrogen-bond acceptors (Lipinski definition) is 2. The summed E-state index contributed by atoms with van der Waals surface area (Å²) in [6, 6.07) is 5.29. The lowest BCUT2D eigenvalue weighted by Gasteiger charge is -2.32. The molecule has 2 rings (SSSR count). The number of carbonyl (C=O) groups is 1. The number of likely N-dealkylation sites (tertiary alicyclic amines) is 1. The molecule has 18 heavy (non-hydrogen) atoms. The zero-order valence-corrected chi connectivity index (χ0v) is 12.4. The van der Waals surface area contributed by atoms with Gasteiger partial charge in [0.25, 0.3) is 5.91 Å². The fraction of sp³-hybridized carbons (Fsp3) is 0.462. The second-order valence-corrected chi connectivity index (χ2v) is 6.01. The van der Waals surface area contributed by atoms with Crippen LogP contribution in [0.3, 0.4) is 0 Å². The van der Waals surface area contributed by atoms with Gasteiger partial charge in [-0.1, -0.05) is 27.5 Å². The van der Waals surface area contributed by atoms with E-state index in [0.29, 0.717) is 23.0 Å². The average Bonchev–Trinajstić information content (AvgIpc) is 2.37. The van der Waals surface area contributed by atoms with Gasteiger partial charge in [-0.3, -0.25) is 4.79 Å².